The standard InChI is InChI=1S/C10H9NO2S2/c1-6(9(12)14)13-10-11-7-4-2-3-5-8(7)15-10/h2-6H,1H3,(H,12,14). The van der Waals surface area contributed by atoms with Crippen molar-refractivity contribution in [2.45, 2.75) is 13.0 Å². The Bertz CT molecular complexity index is 462. The molecule has 0 saturated heterocycles. The van der Waals surface area contributed by atoms with Crippen LogP contribution in [0.15, 0.2) is 24.3 Å². The fourth-order valence-electron chi connectivity index (χ4n) is 1.10. The number of thiazole rings is 1. The predicted octanol–water partition coefficient (Wildman–Crippen LogP) is 2.52. The Morgan fingerprint density at radius 3 is 2.93 bits per heavy atom. The fourth-order valence-corrected chi connectivity index (χ4v) is 2.05. The smallest absolute Gasteiger partial charge is 0.275 e. The summed E-state index contributed by atoms with van der Waals surface area (Å²) in [6.07, 6.45) is -0.561. The summed E-state index contributed by atoms with van der Waals surface area (Å²) in [4.78, 5) is 15.1. The number of aromatic nitrogens is 1. The van der Waals surface area contributed by atoms with Gasteiger partial charge in [-0.1, -0.05) is 23.5 Å². The summed E-state index contributed by atoms with van der Waals surface area (Å²) >= 11 is 5.12. The minimum absolute atomic E-state index is 0.297. The molecule has 0 aliphatic carbocycles. The zero-order chi connectivity index (χ0) is 10.8. The number of benzene rings is 1. The van der Waals surface area contributed by atoms with E-state index in [4.69, 9.17) is 4.74 Å². The Hall–Kier alpha value is -1.07. The van der Waals surface area contributed by atoms with E-state index < -0.39 is 6.10 Å². The van der Waals surface area contributed by atoms with Crippen molar-refractivity contribution in [2.75, 3.05) is 0 Å². The lowest BCUT2D eigenvalue weighted by Crippen LogP contribution is -2.18. The van der Waals surface area contributed by atoms with Gasteiger partial charge in [-0.2, -0.15) is 0 Å². The average Bonchev–Trinajstić information content (AvgIpc) is 2.59. The van der Waals surface area contributed by atoms with Gasteiger partial charge in [0.25, 0.3) is 5.19 Å². The molecule has 0 saturated carbocycles. The molecule has 15 heavy (non-hydrogen) atoms. The highest BCUT2D eigenvalue weighted by atomic mass is 32.1. The molecule has 3 nitrogen and oxygen atoms in total. The molecule has 0 radical (unpaired) electrons. The molecule has 2 aromatic rings. The first-order chi connectivity index (χ1) is 7.16. The molecular formula is C10H9NO2S2. The molecule has 2 rings (SSSR count). The van der Waals surface area contributed by atoms with Crippen LogP contribution in [0.4, 0.5) is 0 Å². The molecule has 0 fully saturated rings. The Morgan fingerprint density at radius 1 is 1.53 bits per heavy atom. The number of ether oxygens (including phenoxy) is 1. The third kappa shape index (κ3) is 2.30. The number of hydrogen-bond donors (Lipinski definition) is 1. The number of rotatable bonds is 3. The molecule has 0 N–H and O–H groups in total. The number of fused-ring (bicyclic) bond motifs is 1. The number of hydrogen-bond acceptors (Lipinski definition) is 4. The van der Waals surface area contributed by atoms with Gasteiger partial charge >= 0.3 is 0 Å². The zero-order valence-corrected chi connectivity index (χ0v) is 9.72. The van der Waals surface area contributed by atoms with Crippen molar-refractivity contribution >= 4 is 39.3 Å². The second kappa shape index (κ2) is 4.20. The Kier molecular flexibility index (Phi) is 2.93. The highest BCUT2D eigenvalue weighted by molar-refractivity contribution is 7.96. The van der Waals surface area contributed by atoms with E-state index in [1.807, 2.05) is 24.3 Å². The largest absolute Gasteiger partial charge is 0.458 e. The van der Waals surface area contributed by atoms with Gasteiger partial charge in [0.2, 0.25) is 5.12 Å². The lowest BCUT2D eigenvalue weighted by atomic mass is 10.3. The molecule has 0 amide bonds. The maximum absolute atomic E-state index is 10.9. The van der Waals surface area contributed by atoms with Crippen LogP contribution in [0.1, 0.15) is 6.92 Å². The van der Waals surface area contributed by atoms with Crippen LogP contribution in [0, 0.1) is 0 Å². The van der Waals surface area contributed by atoms with E-state index >= 15 is 0 Å². The van der Waals surface area contributed by atoms with Crippen LogP contribution in [0.2, 0.25) is 0 Å². The van der Waals surface area contributed by atoms with Crippen molar-refractivity contribution in [1.82, 2.24) is 4.98 Å². The highest BCUT2D eigenvalue weighted by Crippen LogP contribution is 2.28. The van der Waals surface area contributed by atoms with E-state index in [0.717, 1.165) is 10.2 Å². The minimum atomic E-state index is -0.561. The Balaban J connectivity index is 2.26. The lowest BCUT2D eigenvalue weighted by molar-refractivity contribution is -0.116. The maximum Gasteiger partial charge on any atom is 0.275 e. The predicted molar refractivity (Wildman–Crippen MR) is 63.7 cm³/mol. The molecule has 1 heterocycles. The molecule has 1 aromatic carbocycles. The second-order valence-electron chi connectivity index (χ2n) is 3.05. The quantitative estimate of drug-likeness (QED) is 0.836. The SMILES string of the molecule is CC(Oc1nc2ccccc2s1)C(=O)S. The van der Waals surface area contributed by atoms with Gasteiger partial charge in [0.15, 0.2) is 6.10 Å². The van der Waals surface area contributed by atoms with Crippen molar-refractivity contribution in [3.63, 3.8) is 0 Å². The summed E-state index contributed by atoms with van der Waals surface area (Å²) < 4.78 is 6.39. The number of para-hydroxylation sites is 1. The second-order valence-corrected chi connectivity index (χ2v) is 4.48. The van der Waals surface area contributed by atoms with Gasteiger partial charge in [0.05, 0.1) is 10.2 Å². The van der Waals surface area contributed by atoms with E-state index in [9.17, 15) is 4.79 Å². The third-order valence-corrected chi connectivity index (χ3v) is 3.19. The van der Waals surface area contributed by atoms with Gasteiger partial charge in [-0.3, -0.25) is 4.79 Å². The van der Waals surface area contributed by atoms with Crippen molar-refractivity contribution in [3.8, 4) is 5.19 Å². The summed E-state index contributed by atoms with van der Waals surface area (Å²) in [7, 11) is 0. The molecule has 5 heteroatoms. The molecule has 1 unspecified atom stereocenters. The summed E-state index contributed by atoms with van der Waals surface area (Å²) in [5.74, 6) is 0. The summed E-state index contributed by atoms with van der Waals surface area (Å²) in [6.45, 7) is 1.65. The van der Waals surface area contributed by atoms with Crippen molar-refractivity contribution in [3.05, 3.63) is 24.3 Å². The van der Waals surface area contributed by atoms with Crippen LogP contribution in [0.5, 0.6) is 5.19 Å². The van der Waals surface area contributed by atoms with Crippen LogP contribution in [0.3, 0.4) is 0 Å². The van der Waals surface area contributed by atoms with Crippen LogP contribution >= 0.6 is 24.0 Å². The van der Waals surface area contributed by atoms with Gasteiger partial charge in [-0.15, -0.1) is 12.6 Å². The van der Waals surface area contributed by atoms with E-state index in [0.29, 0.717) is 5.19 Å². The first-order valence-electron chi connectivity index (χ1n) is 4.42. The fraction of sp³-hybridized carbons (Fsp3) is 0.200. The van der Waals surface area contributed by atoms with Gasteiger partial charge in [0, 0.05) is 0 Å². The van der Waals surface area contributed by atoms with Gasteiger partial charge in [-0.25, -0.2) is 4.98 Å². The lowest BCUT2D eigenvalue weighted by Gasteiger charge is -2.06. The number of carbonyl (C=O) groups excluding carboxylic acids is 1. The van der Waals surface area contributed by atoms with Crippen molar-refractivity contribution < 1.29 is 9.53 Å². The number of carbonyl (C=O) groups is 1. The van der Waals surface area contributed by atoms with E-state index in [1.54, 1.807) is 6.92 Å². The van der Waals surface area contributed by atoms with Crippen LogP contribution in [0.25, 0.3) is 10.2 Å². The highest BCUT2D eigenvalue weighted by Gasteiger charge is 2.12. The molecule has 0 aliphatic heterocycles. The monoisotopic (exact) mass is 239 g/mol. The molecule has 1 atom stereocenters. The number of thiol groups is 1. The topological polar surface area (TPSA) is 39.2 Å². The van der Waals surface area contributed by atoms with E-state index in [-0.39, 0.29) is 5.12 Å². The first-order valence-corrected chi connectivity index (χ1v) is 5.68. The Morgan fingerprint density at radius 2 is 2.27 bits per heavy atom. The summed E-state index contributed by atoms with van der Waals surface area (Å²) in [5.41, 5.74) is 0.885. The van der Waals surface area contributed by atoms with Crippen LogP contribution < -0.4 is 4.74 Å². The first kappa shape index (κ1) is 10.4. The molecule has 78 valence electrons. The molecule has 0 spiro atoms. The zero-order valence-electron chi connectivity index (χ0n) is 8.01. The maximum atomic E-state index is 10.9. The molecular weight excluding hydrogens is 230 g/mol. The normalized spacial score (nSPS) is 12.7. The van der Waals surface area contributed by atoms with E-state index in [1.165, 1.54) is 11.3 Å². The molecule has 0 bridgehead atoms. The van der Waals surface area contributed by atoms with Crippen molar-refractivity contribution in [2.24, 2.45) is 0 Å². The third-order valence-electron chi connectivity index (χ3n) is 1.90. The van der Waals surface area contributed by atoms with Crippen LogP contribution in [-0.2, 0) is 4.79 Å². The van der Waals surface area contributed by atoms with E-state index in [2.05, 4.69) is 17.6 Å². The van der Waals surface area contributed by atoms with Gasteiger partial charge in [0.1, 0.15) is 0 Å². The van der Waals surface area contributed by atoms with Crippen LogP contribution in [-0.4, -0.2) is 16.2 Å². The number of nitrogens with zero attached hydrogens (tertiary/aromatic N) is 1. The summed E-state index contributed by atoms with van der Waals surface area (Å²) in [5, 5.41) is 0.209. The van der Waals surface area contributed by atoms with Gasteiger partial charge in [-0.05, 0) is 19.1 Å². The Labute approximate surface area is 96.5 Å². The van der Waals surface area contributed by atoms with Crippen molar-refractivity contribution in [1.29, 1.82) is 0 Å². The minimum Gasteiger partial charge on any atom is -0.458 e. The van der Waals surface area contributed by atoms with Gasteiger partial charge < -0.3 is 4.74 Å². The molecule has 1 aromatic heterocycles. The average molecular weight is 239 g/mol. The molecule has 0 aliphatic rings. The summed E-state index contributed by atoms with van der Waals surface area (Å²) in [6, 6.07) is 7.73.